The summed E-state index contributed by atoms with van der Waals surface area (Å²) >= 11 is 1.80. The summed E-state index contributed by atoms with van der Waals surface area (Å²) in [6, 6.07) is 19.6. The van der Waals surface area contributed by atoms with Gasteiger partial charge >= 0.3 is 6.03 Å². The van der Waals surface area contributed by atoms with E-state index >= 15 is 0 Å². The summed E-state index contributed by atoms with van der Waals surface area (Å²) in [5.74, 6) is 0. The molecule has 28 heavy (non-hydrogen) atoms. The lowest BCUT2D eigenvalue weighted by atomic mass is 9.94. The Labute approximate surface area is 170 Å². The largest absolute Gasteiger partial charge is 0.337 e. The number of rotatable bonds is 5. The van der Waals surface area contributed by atoms with E-state index in [1.807, 2.05) is 0 Å². The van der Waals surface area contributed by atoms with Crippen LogP contribution in [-0.2, 0) is 19.4 Å². The molecule has 146 valence electrons. The molecule has 0 saturated carbocycles. The van der Waals surface area contributed by atoms with E-state index in [1.54, 1.807) is 11.3 Å². The van der Waals surface area contributed by atoms with E-state index in [0.29, 0.717) is 12.6 Å². The van der Waals surface area contributed by atoms with Gasteiger partial charge in [-0.3, -0.25) is 4.90 Å². The lowest BCUT2D eigenvalue weighted by molar-refractivity contribution is 0.202. The molecule has 0 spiro atoms. The molecule has 3 aromatic rings. The maximum Gasteiger partial charge on any atom is 0.315 e. The number of likely N-dealkylation sites (N-methyl/N-ethyl adjacent to an activating group) is 1. The number of nitrogens with one attached hydrogen (secondary N) is 2. The van der Waals surface area contributed by atoms with Gasteiger partial charge < -0.3 is 10.6 Å². The fraction of sp³-hybridized carbons (Fsp3) is 0.348. The van der Waals surface area contributed by atoms with E-state index in [4.69, 9.17) is 0 Å². The van der Waals surface area contributed by atoms with Crippen molar-refractivity contribution < 1.29 is 4.79 Å². The molecular weight excluding hydrogens is 366 g/mol. The van der Waals surface area contributed by atoms with Gasteiger partial charge in [0, 0.05) is 41.2 Å². The SMILES string of the molecule is C[C@@H](Cc1cc2ccccc2s1)NC(=O)NC[C@@H]1Cc2ccccc2CN1C. The standard InChI is InChI=1S/C23H27N3OS/c1-16(11-21-13-18-8-5-6-10-22(18)28-21)25-23(27)24-14-20-12-17-7-3-4-9-19(17)15-26(20)2/h3-10,13,16,20H,11-12,14-15H2,1-2H3,(H2,24,25,27)/t16-,20-/m0/s1. The third-order valence-electron chi connectivity index (χ3n) is 5.48. The van der Waals surface area contributed by atoms with E-state index < -0.39 is 0 Å². The van der Waals surface area contributed by atoms with Crippen molar-refractivity contribution in [2.45, 2.75) is 38.4 Å². The average Bonchev–Trinajstić information content (AvgIpc) is 3.08. The van der Waals surface area contributed by atoms with Crippen LogP contribution in [0.5, 0.6) is 0 Å². The first kappa shape index (κ1) is 19.0. The second-order valence-corrected chi connectivity index (χ2v) is 8.92. The Morgan fingerprint density at radius 2 is 1.93 bits per heavy atom. The van der Waals surface area contributed by atoms with Crippen LogP contribution in [0.3, 0.4) is 0 Å². The molecule has 2 atom stereocenters. The second kappa shape index (κ2) is 8.33. The number of carbonyl (C=O) groups is 1. The maximum atomic E-state index is 12.4. The molecule has 5 heteroatoms. The van der Waals surface area contributed by atoms with Crippen molar-refractivity contribution in [1.82, 2.24) is 15.5 Å². The lowest BCUT2D eigenvalue weighted by Gasteiger charge is -2.34. The van der Waals surface area contributed by atoms with Crippen molar-refractivity contribution in [1.29, 1.82) is 0 Å². The summed E-state index contributed by atoms with van der Waals surface area (Å²) in [5.41, 5.74) is 2.79. The minimum atomic E-state index is -0.0825. The number of carbonyl (C=O) groups excluding carboxylic acids is 1. The fourth-order valence-corrected chi connectivity index (χ4v) is 5.12. The van der Waals surface area contributed by atoms with Crippen LogP contribution < -0.4 is 10.6 Å². The summed E-state index contributed by atoms with van der Waals surface area (Å²) in [6.07, 6.45) is 1.83. The van der Waals surface area contributed by atoms with Gasteiger partial charge in [-0.05, 0) is 49.0 Å². The molecule has 1 aliphatic rings. The van der Waals surface area contributed by atoms with Crippen molar-refractivity contribution in [3.63, 3.8) is 0 Å². The number of nitrogens with zero attached hydrogens (tertiary/aromatic N) is 1. The Bertz CT molecular complexity index is 934. The zero-order valence-corrected chi connectivity index (χ0v) is 17.3. The number of hydrogen-bond donors (Lipinski definition) is 2. The molecule has 0 radical (unpaired) electrons. The Morgan fingerprint density at radius 3 is 2.75 bits per heavy atom. The Hall–Kier alpha value is -2.37. The highest BCUT2D eigenvalue weighted by Crippen LogP contribution is 2.26. The lowest BCUT2D eigenvalue weighted by Crippen LogP contribution is -2.49. The first-order valence-corrected chi connectivity index (χ1v) is 10.7. The van der Waals surface area contributed by atoms with E-state index in [9.17, 15) is 4.79 Å². The van der Waals surface area contributed by atoms with Gasteiger partial charge in [0.05, 0.1) is 0 Å². The van der Waals surface area contributed by atoms with Crippen molar-refractivity contribution in [2.24, 2.45) is 0 Å². The van der Waals surface area contributed by atoms with Gasteiger partial charge in [0.15, 0.2) is 0 Å². The first-order valence-electron chi connectivity index (χ1n) is 9.87. The number of thiophene rings is 1. The van der Waals surface area contributed by atoms with Crippen LogP contribution in [0, 0.1) is 0 Å². The Morgan fingerprint density at radius 1 is 1.18 bits per heavy atom. The van der Waals surface area contributed by atoms with Gasteiger partial charge in [0.1, 0.15) is 0 Å². The highest BCUT2D eigenvalue weighted by atomic mass is 32.1. The van der Waals surface area contributed by atoms with Crippen molar-refractivity contribution in [3.05, 3.63) is 70.6 Å². The highest BCUT2D eigenvalue weighted by molar-refractivity contribution is 7.19. The molecule has 4 rings (SSSR count). The molecule has 4 nitrogen and oxygen atoms in total. The van der Waals surface area contributed by atoms with Crippen LogP contribution in [0.25, 0.3) is 10.1 Å². The summed E-state index contributed by atoms with van der Waals surface area (Å²) < 4.78 is 1.30. The monoisotopic (exact) mass is 393 g/mol. The normalized spacial score (nSPS) is 17.9. The molecule has 0 bridgehead atoms. The predicted octanol–water partition coefficient (Wildman–Crippen LogP) is 4.19. The van der Waals surface area contributed by atoms with Crippen LogP contribution in [0.2, 0.25) is 0 Å². The van der Waals surface area contributed by atoms with Crippen molar-refractivity contribution >= 4 is 27.5 Å². The Balaban J connectivity index is 1.27. The van der Waals surface area contributed by atoms with Gasteiger partial charge in [-0.25, -0.2) is 4.79 Å². The van der Waals surface area contributed by atoms with Crippen molar-refractivity contribution in [2.75, 3.05) is 13.6 Å². The predicted molar refractivity (Wildman–Crippen MR) is 117 cm³/mol. The topological polar surface area (TPSA) is 44.4 Å². The van der Waals surface area contributed by atoms with Crippen LogP contribution >= 0.6 is 11.3 Å². The average molecular weight is 394 g/mol. The molecular formula is C23H27N3OS. The molecule has 1 aromatic heterocycles. The number of amides is 2. The number of hydrogen-bond acceptors (Lipinski definition) is 3. The zero-order chi connectivity index (χ0) is 19.5. The number of benzene rings is 2. The minimum absolute atomic E-state index is 0.0825. The quantitative estimate of drug-likeness (QED) is 0.683. The van der Waals surface area contributed by atoms with E-state index in [-0.39, 0.29) is 12.1 Å². The van der Waals surface area contributed by atoms with Gasteiger partial charge in [-0.15, -0.1) is 11.3 Å². The smallest absolute Gasteiger partial charge is 0.315 e. The molecule has 0 aliphatic carbocycles. The minimum Gasteiger partial charge on any atom is -0.337 e. The summed E-state index contributed by atoms with van der Waals surface area (Å²) in [5, 5.41) is 7.43. The molecule has 2 amide bonds. The van der Waals surface area contributed by atoms with Crippen LogP contribution in [0.15, 0.2) is 54.6 Å². The molecule has 0 fully saturated rings. The maximum absolute atomic E-state index is 12.4. The molecule has 2 aromatic carbocycles. The van der Waals surface area contributed by atoms with E-state index in [1.165, 1.54) is 26.1 Å². The molecule has 0 saturated heterocycles. The fourth-order valence-electron chi connectivity index (χ4n) is 3.92. The summed E-state index contributed by atoms with van der Waals surface area (Å²) in [6.45, 7) is 3.66. The van der Waals surface area contributed by atoms with E-state index in [2.05, 4.69) is 84.1 Å². The van der Waals surface area contributed by atoms with Gasteiger partial charge in [0.25, 0.3) is 0 Å². The number of fused-ring (bicyclic) bond motifs is 2. The van der Waals surface area contributed by atoms with E-state index in [0.717, 1.165) is 19.4 Å². The van der Waals surface area contributed by atoms with Gasteiger partial charge in [-0.2, -0.15) is 0 Å². The molecule has 2 heterocycles. The third-order valence-corrected chi connectivity index (χ3v) is 6.62. The molecule has 1 aliphatic heterocycles. The first-order chi connectivity index (χ1) is 13.6. The molecule has 2 N–H and O–H groups in total. The third kappa shape index (κ3) is 4.37. The van der Waals surface area contributed by atoms with Gasteiger partial charge in [-0.1, -0.05) is 42.5 Å². The molecule has 0 unspecified atom stereocenters. The highest BCUT2D eigenvalue weighted by Gasteiger charge is 2.23. The summed E-state index contributed by atoms with van der Waals surface area (Å²) in [7, 11) is 2.13. The van der Waals surface area contributed by atoms with Crippen LogP contribution in [0.1, 0.15) is 22.9 Å². The van der Waals surface area contributed by atoms with Crippen molar-refractivity contribution in [3.8, 4) is 0 Å². The number of urea groups is 1. The Kier molecular flexibility index (Phi) is 5.64. The van der Waals surface area contributed by atoms with Gasteiger partial charge in [0.2, 0.25) is 0 Å². The van der Waals surface area contributed by atoms with Crippen LogP contribution in [0.4, 0.5) is 4.79 Å². The second-order valence-electron chi connectivity index (χ2n) is 7.75. The summed E-state index contributed by atoms with van der Waals surface area (Å²) in [4.78, 5) is 16.0. The van der Waals surface area contributed by atoms with Crippen LogP contribution in [-0.4, -0.2) is 36.6 Å². The zero-order valence-electron chi connectivity index (χ0n) is 16.4.